The molecule has 0 N–H and O–H groups in total. The molecule has 0 saturated heterocycles. The summed E-state index contributed by atoms with van der Waals surface area (Å²) < 4.78 is 18.4. The summed E-state index contributed by atoms with van der Waals surface area (Å²) in [5, 5.41) is 0. The second-order valence-corrected chi connectivity index (χ2v) is 2.32. The van der Waals surface area contributed by atoms with Crippen molar-refractivity contribution in [3.05, 3.63) is 0 Å². The Kier molecular flexibility index (Phi) is 16.8. The van der Waals surface area contributed by atoms with Gasteiger partial charge >= 0.3 is 5.97 Å². The molecular formula is C9H20O5. The highest BCUT2D eigenvalue weighted by Crippen LogP contribution is 1.74. The zero-order valence-electron chi connectivity index (χ0n) is 9.37. The Bertz CT molecular complexity index is 112. The molecule has 0 atom stereocenters. The summed E-state index contributed by atoms with van der Waals surface area (Å²) in [6.45, 7) is 3.58. The van der Waals surface area contributed by atoms with Crippen LogP contribution in [0.5, 0.6) is 0 Å². The molecule has 14 heavy (non-hydrogen) atoms. The molecule has 0 aromatic carbocycles. The number of rotatable bonds is 6. The minimum atomic E-state index is -0.262. The average molecular weight is 208 g/mol. The first-order valence-corrected chi connectivity index (χ1v) is 4.29. The number of hydrogen-bond donors (Lipinski definition) is 0. The Morgan fingerprint density at radius 3 is 1.50 bits per heavy atom. The molecule has 5 nitrogen and oxygen atoms in total. The highest BCUT2D eigenvalue weighted by atomic mass is 16.6. The molecule has 0 unspecified atom stereocenters. The van der Waals surface area contributed by atoms with Gasteiger partial charge in [-0.15, -0.1) is 0 Å². The van der Waals surface area contributed by atoms with Gasteiger partial charge in [0.25, 0.3) is 0 Å². The molecule has 0 aromatic heterocycles. The molecule has 0 spiro atoms. The van der Waals surface area contributed by atoms with E-state index in [1.54, 1.807) is 21.3 Å². The van der Waals surface area contributed by atoms with E-state index < -0.39 is 0 Å². The first kappa shape index (κ1) is 15.8. The zero-order chi connectivity index (χ0) is 11.2. The van der Waals surface area contributed by atoms with Gasteiger partial charge in [0.2, 0.25) is 0 Å². The van der Waals surface area contributed by atoms with E-state index in [1.807, 2.05) is 0 Å². The summed E-state index contributed by atoms with van der Waals surface area (Å²) in [5.74, 6) is -0.262. The molecule has 0 rings (SSSR count). The maximum Gasteiger partial charge on any atom is 0.302 e. The maximum atomic E-state index is 10.0. The van der Waals surface area contributed by atoms with Crippen molar-refractivity contribution in [2.75, 3.05) is 47.8 Å². The minimum absolute atomic E-state index is 0.262. The van der Waals surface area contributed by atoms with Gasteiger partial charge in [-0.2, -0.15) is 0 Å². The lowest BCUT2D eigenvalue weighted by molar-refractivity contribution is -0.142. The molecular weight excluding hydrogens is 188 g/mol. The Hall–Kier alpha value is -0.650. The number of hydrogen-bond acceptors (Lipinski definition) is 5. The summed E-state index contributed by atoms with van der Waals surface area (Å²) in [5.41, 5.74) is 0. The van der Waals surface area contributed by atoms with Gasteiger partial charge in [-0.05, 0) is 0 Å². The maximum absolute atomic E-state index is 10.0. The van der Waals surface area contributed by atoms with E-state index in [0.717, 1.165) is 0 Å². The Morgan fingerprint density at radius 2 is 1.21 bits per heavy atom. The van der Waals surface area contributed by atoms with Crippen LogP contribution in [-0.2, 0) is 23.7 Å². The number of esters is 1. The molecule has 86 valence electrons. The van der Waals surface area contributed by atoms with Crippen molar-refractivity contribution in [1.29, 1.82) is 0 Å². The fourth-order valence-electron chi connectivity index (χ4n) is 0.435. The quantitative estimate of drug-likeness (QED) is 0.469. The summed E-state index contributed by atoms with van der Waals surface area (Å²) in [4.78, 5) is 10.0. The molecule has 0 fully saturated rings. The predicted molar refractivity (Wildman–Crippen MR) is 52.3 cm³/mol. The second kappa shape index (κ2) is 14.9. The molecule has 0 radical (unpaired) electrons. The van der Waals surface area contributed by atoms with E-state index in [-0.39, 0.29) is 5.97 Å². The highest BCUT2D eigenvalue weighted by molar-refractivity contribution is 5.65. The van der Waals surface area contributed by atoms with E-state index in [1.165, 1.54) is 6.92 Å². The van der Waals surface area contributed by atoms with Crippen molar-refractivity contribution in [1.82, 2.24) is 0 Å². The molecule has 0 aliphatic heterocycles. The molecule has 0 aliphatic carbocycles. The van der Waals surface area contributed by atoms with Gasteiger partial charge in [-0.1, -0.05) is 0 Å². The van der Waals surface area contributed by atoms with Gasteiger partial charge in [0, 0.05) is 28.3 Å². The first-order chi connectivity index (χ1) is 6.68. The third-order valence-corrected chi connectivity index (χ3v) is 1.08. The third-order valence-electron chi connectivity index (χ3n) is 1.08. The largest absolute Gasteiger partial charge is 0.463 e. The van der Waals surface area contributed by atoms with Crippen LogP contribution < -0.4 is 0 Å². The summed E-state index contributed by atoms with van der Waals surface area (Å²) in [6, 6.07) is 0. The Labute approximate surface area is 85.3 Å². The topological polar surface area (TPSA) is 54.0 Å². The molecule has 5 heteroatoms. The normalized spacial score (nSPS) is 8.86. The van der Waals surface area contributed by atoms with E-state index in [2.05, 4.69) is 18.9 Å². The molecule has 0 aliphatic rings. The van der Waals surface area contributed by atoms with E-state index in [0.29, 0.717) is 26.4 Å². The Balaban J connectivity index is 0. The number of ether oxygens (including phenoxy) is 4. The van der Waals surface area contributed by atoms with Crippen molar-refractivity contribution in [2.45, 2.75) is 6.92 Å². The van der Waals surface area contributed by atoms with Crippen LogP contribution in [0.4, 0.5) is 0 Å². The van der Waals surface area contributed by atoms with Gasteiger partial charge < -0.3 is 18.9 Å². The minimum Gasteiger partial charge on any atom is -0.463 e. The van der Waals surface area contributed by atoms with Crippen molar-refractivity contribution in [2.24, 2.45) is 0 Å². The first-order valence-electron chi connectivity index (χ1n) is 4.29. The summed E-state index contributed by atoms with van der Waals surface area (Å²) in [7, 11) is 4.86. The highest BCUT2D eigenvalue weighted by Gasteiger charge is 1.88. The van der Waals surface area contributed by atoms with Crippen molar-refractivity contribution >= 4 is 5.97 Å². The molecule has 0 saturated carbocycles. The van der Waals surface area contributed by atoms with Crippen LogP contribution in [0.1, 0.15) is 6.92 Å². The van der Waals surface area contributed by atoms with E-state index in [9.17, 15) is 4.79 Å². The van der Waals surface area contributed by atoms with Gasteiger partial charge in [-0.3, -0.25) is 4.79 Å². The molecule has 0 amide bonds. The van der Waals surface area contributed by atoms with Crippen LogP contribution in [0.15, 0.2) is 0 Å². The number of carbonyl (C=O) groups is 1. The second-order valence-electron chi connectivity index (χ2n) is 2.32. The van der Waals surface area contributed by atoms with Gasteiger partial charge in [0.15, 0.2) is 0 Å². The smallest absolute Gasteiger partial charge is 0.302 e. The monoisotopic (exact) mass is 208 g/mol. The van der Waals surface area contributed by atoms with Crippen molar-refractivity contribution in [3.63, 3.8) is 0 Å². The molecule has 0 aromatic rings. The van der Waals surface area contributed by atoms with Crippen molar-refractivity contribution < 1.29 is 23.7 Å². The van der Waals surface area contributed by atoms with Gasteiger partial charge in [0.05, 0.1) is 19.8 Å². The zero-order valence-corrected chi connectivity index (χ0v) is 9.37. The molecule has 0 heterocycles. The predicted octanol–water partition coefficient (Wildman–Crippen LogP) is 0.475. The van der Waals surface area contributed by atoms with Crippen LogP contribution in [0.2, 0.25) is 0 Å². The molecule has 0 bridgehead atoms. The van der Waals surface area contributed by atoms with Gasteiger partial charge in [-0.25, -0.2) is 0 Å². The van der Waals surface area contributed by atoms with Crippen LogP contribution in [-0.4, -0.2) is 53.7 Å². The summed E-state index contributed by atoms with van der Waals surface area (Å²) in [6.07, 6.45) is 0. The number of methoxy groups -OCH3 is 3. The fourth-order valence-corrected chi connectivity index (χ4v) is 0.435. The van der Waals surface area contributed by atoms with Crippen LogP contribution in [0.3, 0.4) is 0 Å². The van der Waals surface area contributed by atoms with E-state index >= 15 is 0 Å². The average Bonchev–Trinajstić information content (AvgIpc) is 2.16. The lowest BCUT2D eigenvalue weighted by atomic mass is 10.7. The fraction of sp³-hybridized carbons (Fsp3) is 0.889. The van der Waals surface area contributed by atoms with Crippen LogP contribution in [0, 0.1) is 0 Å². The third kappa shape index (κ3) is 22.5. The SMILES string of the molecule is COCCOC.COCCOC(C)=O. The van der Waals surface area contributed by atoms with E-state index in [4.69, 9.17) is 0 Å². The van der Waals surface area contributed by atoms with Gasteiger partial charge in [0.1, 0.15) is 6.61 Å². The van der Waals surface area contributed by atoms with Crippen LogP contribution in [0.25, 0.3) is 0 Å². The van der Waals surface area contributed by atoms with Crippen molar-refractivity contribution in [3.8, 4) is 0 Å². The lowest BCUT2D eigenvalue weighted by Crippen LogP contribution is -2.05. The number of carbonyl (C=O) groups excluding carboxylic acids is 1. The van der Waals surface area contributed by atoms with Crippen LogP contribution >= 0.6 is 0 Å². The lowest BCUT2D eigenvalue weighted by Gasteiger charge is -1.97. The standard InChI is InChI=1S/C5H10O3.C4H10O2/c1-5(6)8-4-3-7-2;1-5-3-4-6-2/h3-4H2,1-2H3;3-4H2,1-2H3. The Morgan fingerprint density at radius 1 is 0.857 bits per heavy atom. The summed E-state index contributed by atoms with van der Waals surface area (Å²) >= 11 is 0.